The van der Waals surface area contributed by atoms with Crippen LogP contribution in [0.15, 0.2) is 35.3 Å². The summed E-state index contributed by atoms with van der Waals surface area (Å²) in [5.41, 5.74) is 0.947. The molecule has 0 aliphatic rings. The number of phenols is 1. The second-order valence-corrected chi connectivity index (χ2v) is 2.72. The molecule has 0 spiro atoms. The van der Waals surface area contributed by atoms with E-state index in [0.717, 1.165) is 12.0 Å². The number of phenolic OH excluding ortho intramolecular Hbond substituents is 1. The summed E-state index contributed by atoms with van der Waals surface area (Å²) in [4.78, 5) is 1.79. The highest BCUT2D eigenvalue weighted by Gasteiger charge is 1.94. The molecule has 1 rings (SSSR count). The maximum Gasteiger partial charge on any atom is 0.119 e. The second-order valence-electron chi connectivity index (χ2n) is 2.19. The molecule has 0 saturated carbocycles. The minimum atomic E-state index is 0.359. The van der Waals surface area contributed by atoms with Gasteiger partial charge in [-0.25, -0.2) is 0 Å². The largest absolute Gasteiger partial charge is 0.508 e. The molecule has 2 heteroatoms. The van der Waals surface area contributed by atoms with E-state index in [1.165, 1.54) is 0 Å². The second kappa shape index (κ2) is 4.19. The smallest absolute Gasteiger partial charge is 0.119 e. The lowest BCUT2D eigenvalue weighted by molar-refractivity contribution is 0.470. The minimum absolute atomic E-state index is 0.359. The number of aromatic hydroxyl groups is 1. The maximum atomic E-state index is 9.29. The van der Waals surface area contributed by atoms with Gasteiger partial charge in [-0.3, -0.25) is 0 Å². The van der Waals surface area contributed by atoms with Crippen LogP contribution in [0.1, 0.15) is 5.56 Å². The van der Waals surface area contributed by atoms with E-state index in [9.17, 15) is 5.11 Å². The molecule has 0 atom stereocenters. The predicted molar refractivity (Wildman–Crippen MR) is 49.9 cm³/mol. The summed E-state index contributed by atoms with van der Waals surface area (Å²) in [7, 11) is 0. The van der Waals surface area contributed by atoms with Crippen molar-refractivity contribution < 1.29 is 5.11 Å². The minimum Gasteiger partial charge on any atom is -0.508 e. The van der Waals surface area contributed by atoms with Crippen LogP contribution in [-0.2, 0) is 6.42 Å². The van der Waals surface area contributed by atoms with Crippen molar-refractivity contribution in [1.29, 1.82) is 0 Å². The fraction of sp³-hybridized carbons (Fsp3) is 0.111. The third-order valence-electron chi connectivity index (χ3n) is 1.42. The normalized spacial score (nSPS) is 10.6. The average molecular weight is 213 g/mol. The zero-order valence-corrected chi connectivity index (χ0v) is 7.58. The Bertz CT molecular complexity index is 255. The number of halogens is 1. The molecule has 0 bridgehead atoms. The van der Waals surface area contributed by atoms with E-state index < -0.39 is 0 Å². The van der Waals surface area contributed by atoms with Gasteiger partial charge in [0.2, 0.25) is 0 Å². The lowest BCUT2D eigenvalue weighted by atomic mass is 10.1. The van der Waals surface area contributed by atoms with Crippen LogP contribution in [0, 0.1) is 0 Å². The van der Waals surface area contributed by atoms with Gasteiger partial charge in [-0.2, -0.15) is 0 Å². The number of para-hydroxylation sites is 1. The Balaban J connectivity index is 2.77. The molecule has 11 heavy (non-hydrogen) atoms. The van der Waals surface area contributed by atoms with Crippen LogP contribution in [0.4, 0.5) is 0 Å². The van der Waals surface area contributed by atoms with E-state index >= 15 is 0 Å². The van der Waals surface area contributed by atoms with Gasteiger partial charge >= 0.3 is 0 Å². The first-order chi connectivity index (χ1) is 5.34. The van der Waals surface area contributed by atoms with Crippen molar-refractivity contribution in [2.24, 2.45) is 0 Å². The fourth-order valence-corrected chi connectivity index (χ4v) is 1.04. The molecule has 0 fully saturated rings. The molecule has 1 aromatic rings. The molecule has 0 radical (unpaired) electrons. The van der Waals surface area contributed by atoms with Gasteiger partial charge in [0.25, 0.3) is 0 Å². The molecule has 1 N–H and O–H groups in total. The standard InChI is InChI=1S/C9H9BrO/c10-7-3-5-8-4-1-2-6-9(8)11/h1-4,6-7,11H,5H2. The molecule has 0 aromatic heterocycles. The van der Waals surface area contributed by atoms with Gasteiger partial charge in [-0.15, -0.1) is 0 Å². The Morgan fingerprint density at radius 1 is 1.36 bits per heavy atom. The van der Waals surface area contributed by atoms with Crippen molar-refractivity contribution in [2.75, 3.05) is 0 Å². The van der Waals surface area contributed by atoms with Crippen molar-refractivity contribution in [3.63, 3.8) is 0 Å². The van der Waals surface area contributed by atoms with E-state index in [4.69, 9.17) is 0 Å². The summed E-state index contributed by atoms with van der Waals surface area (Å²) in [6, 6.07) is 7.33. The molecule has 58 valence electrons. The van der Waals surface area contributed by atoms with Gasteiger partial charge in [-0.1, -0.05) is 40.2 Å². The summed E-state index contributed by atoms with van der Waals surface area (Å²) >= 11 is 3.17. The van der Waals surface area contributed by atoms with Crippen molar-refractivity contribution in [3.8, 4) is 5.75 Å². The number of allylic oxidation sites excluding steroid dienone is 1. The highest BCUT2D eigenvalue weighted by atomic mass is 79.9. The highest BCUT2D eigenvalue weighted by Crippen LogP contribution is 2.16. The van der Waals surface area contributed by atoms with Crippen LogP contribution >= 0.6 is 15.9 Å². The first kappa shape index (κ1) is 8.34. The average Bonchev–Trinajstić information content (AvgIpc) is 2.03. The van der Waals surface area contributed by atoms with E-state index in [-0.39, 0.29) is 0 Å². The Morgan fingerprint density at radius 2 is 2.09 bits per heavy atom. The van der Waals surface area contributed by atoms with Crippen LogP contribution < -0.4 is 0 Å². The Labute approximate surface area is 74.5 Å². The summed E-state index contributed by atoms with van der Waals surface area (Å²) in [6.45, 7) is 0. The molecule has 0 unspecified atom stereocenters. The molecule has 0 amide bonds. The van der Waals surface area contributed by atoms with Gasteiger partial charge in [0.05, 0.1) is 0 Å². The third-order valence-corrected chi connectivity index (χ3v) is 1.79. The lowest BCUT2D eigenvalue weighted by Gasteiger charge is -1.98. The third kappa shape index (κ3) is 2.39. The van der Waals surface area contributed by atoms with Crippen LogP contribution in [0.2, 0.25) is 0 Å². The molecule has 1 aromatic carbocycles. The summed E-state index contributed by atoms with van der Waals surface area (Å²) in [5.74, 6) is 0.359. The Kier molecular flexibility index (Phi) is 3.17. The monoisotopic (exact) mass is 212 g/mol. The van der Waals surface area contributed by atoms with Crippen LogP contribution in [0.25, 0.3) is 0 Å². The molecule has 0 saturated heterocycles. The molecule has 0 aliphatic heterocycles. The molecule has 0 aliphatic carbocycles. The first-order valence-electron chi connectivity index (χ1n) is 3.36. The predicted octanol–water partition coefficient (Wildman–Crippen LogP) is 2.84. The summed E-state index contributed by atoms with van der Waals surface area (Å²) < 4.78 is 0. The van der Waals surface area contributed by atoms with Crippen molar-refractivity contribution in [1.82, 2.24) is 0 Å². The molecule has 0 heterocycles. The lowest BCUT2D eigenvalue weighted by Crippen LogP contribution is -1.79. The zero-order chi connectivity index (χ0) is 8.10. The number of benzene rings is 1. The van der Waals surface area contributed by atoms with Crippen LogP contribution in [0.3, 0.4) is 0 Å². The Hall–Kier alpha value is -0.760. The molecular formula is C9H9BrO. The van der Waals surface area contributed by atoms with Crippen molar-refractivity contribution in [2.45, 2.75) is 6.42 Å². The molecular weight excluding hydrogens is 204 g/mol. The van der Waals surface area contributed by atoms with Gasteiger partial charge < -0.3 is 5.11 Å². The van der Waals surface area contributed by atoms with Gasteiger partial charge in [0.15, 0.2) is 0 Å². The SMILES string of the molecule is Oc1ccccc1CC=CBr. The molecule has 1 nitrogen and oxygen atoms in total. The zero-order valence-electron chi connectivity index (χ0n) is 6.00. The summed E-state index contributed by atoms with van der Waals surface area (Å²) in [5, 5.41) is 9.29. The Morgan fingerprint density at radius 3 is 2.73 bits per heavy atom. The number of hydrogen-bond acceptors (Lipinski definition) is 1. The van der Waals surface area contributed by atoms with Crippen molar-refractivity contribution >= 4 is 15.9 Å². The van der Waals surface area contributed by atoms with Gasteiger partial charge in [-0.05, 0) is 23.0 Å². The van der Waals surface area contributed by atoms with Crippen LogP contribution in [0.5, 0.6) is 5.75 Å². The van der Waals surface area contributed by atoms with Crippen molar-refractivity contribution in [3.05, 3.63) is 40.9 Å². The van der Waals surface area contributed by atoms with E-state index in [0.29, 0.717) is 5.75 Å². The van der Waals surface area contributed by atoms with Gasteiger partial charge in [0.1, 0.15) is 5.75 Å². The highest BCUT2D eigenvalue weighted by molar-refractivity contribution is 9.11. The summed E-state index contributed by atoms with van der Waals surface area (Å²) in [6.07, 6.45) is 2.70. The fourth-order valence-electron chi connectivity index (χ4n) is 0.855. The van der Waals surface area contributed by atoms with Gasteiger partial charge in [0, 0.05) is 0 Å². The van der Waals surface area contributed by atoms with E-state index in [1.54, 1.807) is 11.1 Å². The first-order valence-corrected chi connectivity index (χ1v) is 4.28. The topological polar surface area (TPSA) is 20.2 Å². The quantitative estimate of drug-likeness (QED) is 0.800. The van der Waals surface area contributed by atoms with E-state index in [1.807, 2.05) is 24.3 Å². The van der Waals surface area contributed by atoms with E-state index in [2.05, 4.69) is 15.9 Å². The number of hydrogen-bond donors (Lipinski definition) is 1. The number of rotatable bonds is 2. The van der Waals surface area contributed by atoms with Crippen LogP contribution in [-0.4, -0.2) is 5.11 Å². The maximum absolute atomic E-state index is 9.29.